The van der Waals surface area contributed by atoms with Crippen LogP contribution in [0.25, 0.3) is 0 Å². The number of non-ortho nitro benzene ring substituents is 1. The minimum atomic E-state index is -0.657. The zero-order valence-corrected chi connectivity index (χ0v) is 12.4. The third kappa shape index (κ3) is 3.47. The second-order valence-electron chi connectivity index (χ2n) is 4.25. The average Bonchev–Trinajstić information content (AvgIpc) is 2.83. The molecule has 2 rings (SSSR count). The molecule has 0 amide bonds. The topological polar surface area (TPSA) is 89.5 Å². The van der Waals surface area contributed by atoms with Gasteiger partial charge in [-0.05, 0) is 18.2 Å². The molecule has 110 valence electrons. The molecule has 0 N–H and O–H groups in total. The summed E-state index contributed by atoms with van der Waals surface area (Å²) in [5, 5.41) is 21.8. The van der Waals surface area contributed by atoms with Crippen LogP contribution in [-0.4, -0.2) is 16.9 Å². The number of rotatable bonds is 5. The summed E-state index contributed by atoms with van der Waals surface area (Å²) in [5.74, 6) is 0. The summed E-state index contributed by atoms with van der Waals surface area (Å²) in [7, 11) is 1.68. The average molecular weight is 328 g/mol. The van der Waals surface area contributed by atoms with Crippen LogP contribution in [0.4, 0.5) is 17.1 Å². The van der Waals surface area contributed by atoms with E-state index in [2.05, 4.69) is 0 Å². The highest BCUT2D eigenvalue weighted by molar-refractivity contribution is 7.16. The van der Waals surface area contributed by atoms with Crippen LogP contribution in [-0.2, 0) is 6.54 Å². The first-order valence-corrected chi connectivity index (χ1v) is 6.96. The van der Waals surface area contributed by atoms with Gasteiger partial charge in [-0.15, -0.1) is 11.3 Å². The SMILES string of the molecule is CN(Cc1ccc(Cl)s1)c1ccc([N+](=O)[O-])cc1[N+](=O)[O-]. The molecule has 0 unspecified atom stereocenters. The summed E-state index contributed by atoms with van der Waals surface area (Å²) < 4.78 is 0.636. The van der Waals surface area contributed by atoms with E-state index >= 15 is 0 Å². The van der Waals surface area contributed by atoms with Gasteiger partial charge in [0.1, 0.15) is 5.69 Å². The molecule has 1 aromatic heterocycles. The molecule has 1 aromatic carbocycles. The number of nitrogens with zero attached hydrogens (tertiary/aromatic N) is 3. The highest BCUT2D eigenvalue weighted by Crippen LogP contribution is 2.33. The standard InChI is InChI=1S/C12H10ClN3O4S/c1-14(7-9-3-5-12(13)21-9)10-4-2-8(15(17)18)6-11(10)16(19)20/h2-6H,7H2,1H3. The zero-order chi connectivity index (χ0) is 15.6. The Morgan fingerprint density at radius 1 is 1.19 bits per heavy atom. The number of nitro benzene ring substituents is 2. The first-order valence-electron chi connectivity index (χ1n) is 5.76. The van der Waals surface area contributed by atoms with Gasteiger partial charge in [0.05, 0.1) is 26.8 Å². The number of hydrogen-bond donors (Lipinski definition) is 0. The molecule has 0 aliphatic rings. The molecule has 2 aromatic rings. The number of nitro groups is 2. The molecule has 7 nitrogen and oxygen atoms in total. The minimum absolute atomic E-state index is 0.297. The molecule has 0 fully saturated rings. The summed E-state index contributed by atoms with van der Waals surface area (Å²) in [5.41, 5.74) is -0.289. The Balaban J connectivity index is 2.33. The van der Waals surface area contributed by atoms with Crippen LogP contribution >= 0.6 is 22.9 Å². The molecule has 0 aliphatic heterocycles. The predicted molar refractivity (Wildman–Crippen MR) is 81.2 cm³/mol. The minimum Gasteiger partial charge on any atom is -0.364 e. The van der Waals surface area contributed by atoms with Gasteiger partial charge in [0.15, 0.2) is 0 Å². The first kappa shape index (κ1) is 15.2. The molecule has 0 radical (unpaired) electrons. The third-order valence-electron chi connectivity index (χ3n) is 2.80. The van der Waals surface area contributed by atoms with Crippen LogP contribution in [0, 0.1) is 20.2 Å². The highest BCUT2D eigenvalue weighted by atomic mass is 35.5. The molecule has 0 atom stereocenters. The van der Waals surface area contributed by atoms with Crippen molar-refractivity contribution in [2.24, 2.45) is 0 Å². The van der Waals surface area contributed by atoms with Gasteiger partial charge < -0.3 is 4.90 Å². The van der Waals surface area contributed by atoms with Gasteiger partial charge in [-0.25, -0.2) is 0 Å². The number of benzene rings is 1. The highest BCUT2D eigenvalue weighted by Gasteiger charge is 2.22. The first-order chi connectivity index (χ1) is 9.88. The van der Waals surface area contributed by atoms with Gasteiger partial charge in [0.2, 0.25) is 0 Å². The fourth-order valence-corrected chi connectivity index (χ4v) is 2.99. The molecule has 9 heteroatoms. The van der Waals surface area contributed by atoms with Crippen molar-refractivity contribution in [2.45, 2.75) is 6.54 Å². The van der Waals surface area contributed by atoms with Crippen LogP contribution in [0.3, 0.4) is 0 Å². The molecule has 0 bridgehead atoms. The van der Waals surface area contributed by atoms with Crippen molar-refractivity contribution in [1.82, 2.24) is 0 Å². The van der Waals surface area contributed by atoms with Crippen molar-refractivity contribution in [1.29, 1.82) is 0 Å². The van der Waals surface area contributed by atoms with E-state index in [4.69, 9.17) is 11.6 Å². The van der Waals surface area contributed by atoms with E-state index < -0.39 is 9.85 Å². The number of hydrogen-bond acceptors (Lipinski definition) is 6. The normalized spacial score (nSPS) is 10.4. The summed E-state index contributed by atoms with van der Waals surface area (Å²) in [6.07, 6.45) is 0. The van der Waals surface area contributed by atoms with E-state index in [1.807, 2.05) is 6.07 Å². The van der Waals surface area contributed by atoms with Crippen molar-refractivity contribution in [3.63, 3.8) is 0 Å². The maximum Gasteiger partial charge on any atom is 0.299 e. The van der Waals surface area contributed by atoms with Gasteiger partial charge in [0, 0.05) is 18.0 Å². The monoisotopic (exact) mass is 327 g/mol. The Labute approximate surface area is 128 Å². The van der Waals surface area contributed by atoms with E-state index in [0.29, 0.717) is 16.6 Å². The van der Waals surface area contributed by atoms with Crippen molar-refractivity contribution in [3.8, 4) is 0 Å². The Bertz CT molecular complexity index is 704. The van der Waals surface area contributed by atoms with E-state index in [0.717, 1.165) is 10.9 Å². The van der Waals surface area contributed by atoms with E-state index in [-0.39, 0.29) is 11.4 Å². The quantitative estimate of drug-likeness (QED) is 0.614. The molecular formula is C12H10ClN3O4S. The van der Waals surface area contributed by atoms with Crippen LogP contribution in [0.5, 0.6) is 0 Å². The lowest BCUT2D eigenvalue weighted by molar-refractivity contribution is -0.393. The number of thiophene rings is 1. The lowest BCUT2D eigenvalue weighted by atomic mass is 10.2. The maximum atomic E-state index is 11.1. The van der Waals surface area contributed by atoms with Crippen molar-refractivity contribution >= 4 is 40.0 Å². The summed E-state index contributed by atoms with van der Waals surface area (Å²) >= 11 is 7.22. The van der Waals surface area contributed by atoms with Crippen molar-refractivity contribution in [2.75, 3.05) is 11.9 Å². The van der Waals surface area contributed by atoms with Gasteiger partial charge in [-0.2, -0.15) is 0 Å². The molecule has 0 aliphatic carbocycles. The van der Waals surface area contributed by atoms with E-state index in [9.17, 15) is 20.2 Å². The molecule has 0 saturated heterocycles. The van der Waals surface area contributed by atoms with Crippen LogP contribution in [0.15, 0.2) is 30.3 Å². The largest absolute Gasteiger partial charge is 0.364 e. The second kappa shape index (κ2) is 6.06. The van der Waals surface area contributed by atoms with Crippen LogP contribution in [0.1, 0.15) is 4.88 Å². The number of halogens is 1. The fourth-order valence-electron chi connectivity index (χ4n) is 1.85. The van der Waals surface area contributed by atoms with Gasteiger partial charge >= 0.3 is 0 Å². The summed E-state index contributed by atoms with van der Waals surface area (Å²) in [6, 6.07) is 7.18. The molecule has 0 spiro atoms. The van der Waals surface area contributed by atoms with Gasteiger partial charge in [-0.3, -0.25) is 20.2 Å². The molecule has 21 heavy (non-hydrogen) atoms. The third-order valence-corrected chi connectivity index (χ3v) is 4.02. The van der Waals surface area contributed by atoms with E-state index in [1.54, 1.807) is 18.0 Å². The molecular weight excluding hydrogens is 318 g/mol. The van der Waals surface area contributed by atoms with Gasteiger partial charge in [-0.1, -0.05) is 11.6 Å². The Morgan fingerprint density at radius 2 is 1.90 bits per heavy atom. The Morgan fingerprint density at radius 3 is 2.43 bits per heavy atom. The predicted octanol–water partition coefficient (Wildman–Crippen LogP) is 3.85. The zero-order valence-electron chi connectivity index (χ0n) is 10.9. The second-order valence-corrected chi connectivity index (χ2v) is 6.05. The lowest BCUT2D eigenvalue weighted by Gasteiger charge is -2.18. The van der Waals surface area contributed by atoms with E-state index in [1.165, 1.54) is 23.5 Å². The number of anilines is 1. The fraction of sp³-hybridized carbons (Fsp3) is 0.167. The van der Waals surface area contributed by atoms with Gasteiger partial charge in [0.25, 0.3) is 11.4 Å². The molecule has 0 saturated carbocycles. The Kier molecular flexibility index (Phi) is 4.39. The molecule has 1 heterocycles. The lowest BCUT2D eigenvalue weighted by Crippen LogP contribution is -2.17. The smallest absolute Gasteiger partial charge is 0.299 e. The summed E-state index contributed by atoms with van der Waals surface area (Å²) in [6.45, 7) is 0.427. The Hall–Kier alpha value is -2.19. The van der Waals surface area contributed by atoms with Crippen LogP contribution in [0.2, 0.25) is 4.34 Å². The van der Waals surface area contributed by atoms with Crippen molar-refractivity contribution < 1.29 is 9.85 Å². The summed E-state index contributed by atoms with van der Waals surface area (Å²) in [4.78, 5) is 23.1. The maximum absolute atomic E-state index is 11.1. The van der Waals surface area contributed by atoms with Crippen molar-refractivity contribution in [3.05, 3.63) is 59.8 Å². The van der Waals surface area contributed by atoms with Crippen LogP contribution < -0.4 is 4.90 Å².